The van der Waals surface area contributed by atoms with Crippen molar-refractivity contribution in [1.82, 2.24) is 24.1 Å². The Hall–Kier alpha value is -0.960. The second-order valence-corrected chi connectivity index (χ2v) is 6.16. The minimum Gasteiger partial charge on any atom is -0.320 e. The third kappa shape index (κ3) is 6.15. The van der Waals surface area contributed by atoms with Crippen LogP contribution in [-0.4, -0.2) is 56.2 Å². The Balaban J connectivity index is 2.22. The van der Waals surface area contributed by atoms with Gasteiger partial charge >= 0.3 is 0 Å². The molecule has 1 rings (SSSR count). The molecule has 0 fully saturated rings. The maximum atomic E-state index is 11.9. The number of hydrogen-bond acceptors (Lipinski definition) is 4. The number of hydrogen-bond donors (Lipinski definition) is 2. The monoisotopic (exact) mass is 289 g/mol. The van der Waals surface area contributed by atoms with E-state index in [0.717, 1.165) is 13.0 Å². The summed E-state index contributed by atoms with van der Waals surface area (Å²) in [5.74, 6) is 0. The van der Waals surface area contributed by atoms with Crippen LogP contribution in [0.2, 0.25) is 0 Å². The second kappa shape index (κ2) is 8.26. The number of nitrogens with one attached hydrogen (secondary N) is 2. The molecule has 0 unspecified atom stereocenters. The van der Waals surface area contributed by atoms with Gasteiger partial charge in [-0.1, -0.05) is 0 Å². The zero-order valence-electron chi connectivity index (χ0n) is 11.5. The molecule has 8 heteroatoms. The van der Waals surface area contributed by atoms with E-state index in [-0.39, 0.29) is 0 Å². The third-order valence-electron chi connectivity index (χ3n) is 2.72. The molecule has 0 aromatic carbocycles. The number of aryl methyl sites for hydroxylation is 1. The van der Waals surface area contributed by atoms with Crippen LogP contribution in [0.25, 0.3) is 0 Å². The maximum absolute atomic E-state index is 11.9. The van der Waals surface area contributed by atoms with Gasteiger partial charge in [-0.25, -0.2) is 4.72 Å². The molecule has 19 heavy (non-hydrogen) atoms. The predicted octanol–water partition coefficient (Wildman–Crippen LogP) is -0.351. The molecule has 1 heterocycles. The van der Waals surface area contributed by atoms with Gasteiger partial charge in [-0.15, -0.1) is 0 Å². The van der Waals surface area contributed by atoms with Gasteiger partial charge in [0.1, 0.15) is 0 Å². The summed E-state index contributed by atoms with van der Waals surface area (Å²) in [4.78, 5) is 0. The van der Waals surface area contributed by atoms with Gasteiger partial charge in [-0.3, -0.25) is 4.68 Å². The quantitative estimate of drug-likeness (QED) is 0.577. The first-order valence-electron chi connectivity index (χ1n) is 6.39. The van der Waals surface area contributed by atoms with Crippen LogP contribution in [0.4, 0.5) is 0 Å². The molecule has 0 aliphatic carbocycles. The summed E-state index contributed by atoms with van der Waals surface area (Å²) in [6.45, 7) is 2.44. The number of aromatic nitrogens is 2. The van der Waals surface area contributed by atoms with Crippen molar-refractivity contribution < 1.29 is 8.42 Å². The second-order valence-electron chi connectivity index (χ2n) is 4.30. The lowest BCUT2D eigenvalue weighted by atomic mass is 10.4. The summed E-state index contributed by atoms with van der Waals surface area (Å²) in [6.07, 6.45) is 5.07. The van der Waals surface area contributed by atoms with Gasteiger partial charge in [0.2, 0.25) is 0 Å². The van der Waals surface area contributed by atoms with Crippen LogP contribution >= 0.6 is 0 Å². The Morgan fingerprint density at radius 1 is 1.32 bits per heavy atom. The molecule has 1 aromatic heterocycles. The molecule has 0 amide bonds. The van der Waals surface area contributed by atoms with Crippen LogP contribution < -0.4 is 10.0 Å². The van der Waals surface area contributed by atoms with Crippen molar-refractivity contribution in [2.24, 2.45) is 0 Å². The SMILES string of the molecule is CNCCCN(C)S(=O)(=O)NCCCn1cccn1. The van der Waals surface area contributed by atoms with E-state index in [1.54, 1.807) is 17.9 Å². The summed E-state index contributed by atoms with van der Waals surface area (Å²) < 4.78 is 29.4. The highest BCUT2D eigenvalue weighted by Gasteiger charge is 2.15. The Bertz CT molecular complexity index is 432. The Labute approximate surface area is 115 Å². The van der Waals surface area contributed by atoms with Crippen molar-refractivity contribution in [3.8, 4) is 0 Å². The predicted molar refractivity (Wildman–Crippen MR) is 74.9 cm³/mol. The molecule has 0 radical (unpaired) electrons. The van der Waals surface area contributed by atoms with Crippen LogP contribution in [0, 0.1) is 0 Å². The Morgan fingerprint density at radius 3 is 2.74 bits per heavy atom. The first kappa shape index (κ1) is 16.1. The van der Waals surface area contributed by atoms with E-state index in [4.69, 9.17) is 0 Å². The molecule has 0 aliphatic heterocycles. The molecule has 0 spiro atoms. The van der Waals surface area contributed by atoms with Crippen LogP contribution in [0.5, 0.6) is 0 Å². The fraction of sp³-hybridized carbons (Fsp3) is 0.727. The molecule has 0 bridgehead atoms. The summed E-state index contributed by atoms with van der Waals surface area (Å²) >= 11 is 0. The van der Waals surface area contributed by atoms with Crippen molar-refractivity contribution in [1.29, 1.82) is 0 Å². The Morgan fingerprint density at radius 2 is 2.11 bits per heavy atom. The summed E-state index contributed by atoms with van der Waals surface area (Å²) in [6, 6.07) is 1.85. The molecule has 1 aromatic rings. The van der Waals surface area contributed by atoms with Crippen molar-refractivity contribution in [3.05, 3.63) is 18.5 Å². The summed E-state index contributed by atoms with van der Waals surface area (Å²) in [5, 5.41) is 7.05. The third-order valence-corrected chi connectivity index (χ3v) is 4.29. The Kier molecular flexibility index (Phi) is 7.00. The van der Waals surface area contributed by atoms with Gasteiger partial charge in [-0.05, 0) is 32.5 Å². The van der Waals surface area contributed by atoms with Gasteiger partial charge in [0.05, 0.1) is 0 Å². The first-order chi connectivity index (χ1) is 9.06. The number of rotatable bonds is 10. The molecule has 7 nitrogen and oxygen atoms in total. The van der Waals surface area contributed by atoms with Gasteiger partial charge in [0.15, 0.2) is 0 Å². The van der Waals surface area contributed by atoms with Crippen molar-refractivity contribution in [3.63, 3.8) is 0 Å². The highest BCUT2D eigenvalue weighted by atomic mass is 32.2. The highest BCUT2D eigenvalue weighted by Crippen LogP contribution is 1.96. The summed E-state index contributed by atoms with van der Waals surface area (Å²) in [5.41, 5.74) is 0. The minimum absolute atomic E-state index is 0.415. The molecular formula is C11H23N5O2S. The lowest BCUT2D eigenvalue weighted by molar-refractivity contribution is 0.445. The van der Waals surface area contributed by atoms with Crippen molar-refractivity contribution in [2.75, 3.05) is 33.7 Å². The molecule has 0 saturated heterocycles. The van der Waals surface area contributed by atoms with E-state index in [2.05, 4.69) is 15.1 Å². The van der Waals surface area contributed by atoms with E-state index in [1.807, 2.05) is 19.3 Å². The van der Waals surface area contributed by atoms with E-state index < -0.39 is 10.2 Å². The van der Waals surface area contributed by atoms with Crippen LogP contribution in [-0.2, 0) is 16.8 Å². The van der Waals surface area contributed by atoms with Gasteiger partial charge in [0, 0.05) is 39.1 Å². The highest BCUT2D eigenvalue weighted by molar-refractivity contribution is 7.87. The van der Waals surface area contributed by atoms with Crippen LogP contribution in [0.1, 0.15) is 12.8 Å². The largest absolute Gasteiger partial charge is 0.320 e. The number of nitrogens with zero attached hydrogens (tertiary/aromatic N) is 3. The molecule has 0 aliphatic rings. The van der Waals surface area contributed by atoms with Gasteiger partial charge in [-0.2, -0.15) is 17.8 Å². The lowest BCUT2D eigenvalue weighted by Crippen LogP contribution is -2.39. The van der Waals surface area contributed by atoms with E-state index in [1.165, 1.54) is 4.31 Å². The molecular weight excluding hydrogens is 266 g/mol. The normalized spacial score (nSPS) is 12.2. The van der Waals surface area contributed by atoms with Crippen molar-refractivity contribution in [2.45, 2.75) is 19.4 Å². The van der Waals surface area contributed by atoms with E-state index in [9.17, 15) is 8.42 Å². The van der Waals surface area contributed by atoms with E-state index >= 15 is 0 Å². The average molecular weight is 289 g/mol. The molecule has 110 valence electrons. The van der Waals surface area contributed by atoms with Crippen molar-refractivity contribution >= 4 is 10.2 Å². The lowest BCUT2D eigenvalue weighted by Gasteiger charge is -2.17. The fourth-order valence-electron chi connectivity index (χ4n) is 1.58. The van der Waals surface area contributed by atoms with Gasteiger partial charge < -0.3 is 5.32 Å². The fourth-order valence-corrected chi connectivity index (χ4v) is 2.58. The smallest absolute Gasteiger partial charge is 0.279 e. The molecule has 0 saturated carbocycles. The molecule has 0 atom stereocenters. The zero-order chi connectivity index (χ0) is 14.1. The topological polar surface area (TPSA) is 79.3 Å². The summed E-state index contributed by atoms with van der Waals surface area (Å²) in [7, 11) is 0.0821. The van der Waals surface area contributed by atoms with Crippen LogP contribution in [0.15, 0.2) is 18.5 Å². The first-order valence-corrected chi connectivity index (χ1v) is 7.83. The van der Waals surface area contributed by atoms with E-state index in [0.29, 0.717) is 26.1 Å². The molecule has 2 N–H and O–H groups in total. The van der Waals surface area contributed by atoms with Crippen LogP contribution in [0.3, 0.4) is 0 Å². The standard InChI is InChI=1S/C11H23N5O2S/c1-12-6-3-9-15(2)19(17,18)14-8-5-11-16-10-4-7-13-16/h4,7,10,12,14H,3,5-6,8-9,11H2,1-2H3. The average Bonchev–Trinajstić information content (AvgIpc) is 2.88. The van der Waals surface area contributed by atoms with Gasteiger partial charge in [0.25, 0.3) is 10.2 Å². The minimum atomic E-state index is -3.36. The zero-order valence-corrected chi connectivity index (χ0v) is 12.4. The maximum Gasteiger partial charge on any atom is 0.279 e.